The zero-order valence-electron chi connectivity index (χ0n) is 15.6. The molecule has 0 fully saturated rings. The van der Waals surface area contributed by atoms with Crippen molar-refractivity contribution in [2.75, 3.05) is 23.3 Å². The highest BCUT2D eigenvalue weighted by atomic mass is 32.1. The summed E-state index contributed by atoms with van der Waals surface area (Å²) in [4.78, 5) is 14.7. The Hall–Kier alpha value is -3.13. The Morgan fingerprint density at radius 3 is 2.75 bits per heavy atom. The molecule has 0 aliphatic rings. The minimum atomic E-state index is -0.419. The van der Waals surface area contributed by atoms with E-state index in [4.69, 9.17) is 8.83 Å². The first kappa shape index (κ1) is 18.2. The van der Waals surface area contributed by atoms with Gasteiger partial charge in [-0.05, 0) is 44.2 Å². The quantitative estimate of drug-likeness (QED) is 0.465. The molecule has 8 heteroatoms. The maximum Gasteiger partial charge on any atom is 0.346 e. The molecule has 0 spiro atoms. The van der Waals surface area contributed by atoms with Crippen molar-refractivity contribution in [3.63, 3.8) is 0 Å². The van der Waals surface area contributed by atoms with Gasteiger partial charge in [-0.25, -0.2) is 4.79 Å². The Kier molecular flexibility index (Phi) is 5.12. The van der Waals surface area contributed by atoms with E-state index in [0.717, 1.165) is 29.9 Å². The van der Waals surface area contributed by atoms with Crippen molar-refractivity contribution in [2.45, 2.75) is 20.4 Å². The maximum absolute atomic E-state index is 12.5. The van der Waals surface area contributed by atoms with Gasteiger partial charge in [-0.15, -0.1) is 10.2 Å². The van der Waals surface area contributed by atoms with Gasteiger partial charge in [-0.3, -0.25) is 0 Å². The molecule has 1 N–H and O–H groups in total. The molecule has 7 nitrogen and oxygen atoms in total. The van der Waals surface area contributed by atoms with Crippen LogP contribution in [0.5, 0.6) is 0 Å². The van der Waals surface area contributed by atoms with Crippen molar-refractivity contribution >= 4 is 33.1 Å². The first-order valence-corrected chi connectivity index (χ1v) is 9.92. The second kappa shape index (κ2) is 7.85. The highest BCUT2D eigenvalue weighted by Crippen LogP contribution is 2.28. The van der Waals surface area contributed by atoms with Crippen molar-refractivity contribution in [1.29, 1.82) is 0 Å². The van der Waals surface area contributed by atoms with E-state index in [0.29, 0.717) is 27.8 Å². The molecule has 4 aromatic rings. The van der Waals surface area contributed by atoms with Crippen LogP contribution in [-0.4, -0.2) is 23.3 Å². The monoisotopic (exact) mass is 396 g/mol. The third-order valence-corrected chi connectivity index (χ3v) is 5.41. The van der Waals surface area contributed by atoms with Gasteiger partial charge in [0.1, 0.15) is 11.3 Å². The average Bonchev–Trinajstić information content (AvgIpc) is 3.38. The van der Waals surface area contributed by atoms with Gasteiger partial charge in [0.05, 0.1) is 18.4 Å². The van der Waals surface area contributed by atoms with E-state index in [1.54, 1.807) is 6.26 Å². The summed E-state index contributed by atoms with van der Waals surface area (Å²) in [5.41, 5.74) is 1.59. The summed E-state index contributed by atoms with van der Waals surface area (Å²) >= 11 is 1.30. The van der Waals surface area contributed by atoms with Crippen molar-refractivity contribution < 1.29 is 8.83 Å². The molecule has 0 atom stereocenters. The third-order valence-electron chi connectivity index (χ3n) is 4.50. The van der Waals surface area contributed by atoms with Gasteiger partial charge in [-0.1, -0.05) is 11.3 Å². The lowest BCUT2D eigenvalue weighted by molar-refractivity contribution is 0.518. The summed E-state index contributed by atoms with van der Waals surface area (Å²) in [5, 5.41) is 13.4. The minimum Gasteiger partial charge on any atom is -0.467 e. The van der Waals surface area contributed by atoms with E-state index < -0.39 is 5.63 Å². The molecule has 0 aliphatic heterocycles. The lowest BCUT2D eigenvalue weighted by Gasteiger charge is -2.20. The molecule has 0 radical (unpaired) electrons. The van der Waals surface area contributed by atoms with E-state index in [9.17, 15) is 4.79 Å². The number of hydrogen-bond acceptors (Lipinski definition) is 8. The van der Waals surface area contributed by atoms with E-state index in [1.807, 2.05) is 36.4 Å². The molecule has 0 unspecified atom stereocenters. The highest BCUT2D eigenvalue weighted by Gasteiger charge is 2.14. The van der Waals surface area contributed by atoms with Gasteiger partial charge >= 0.3 is 5.63 Å². The van der Waals surface area contributed by atoms with Crippen LogP contribution in [0.25, 0.3) is 21.5 Å². The molecule has 0 amide bonds. The number of furan rings is 1. The first-order valence-electron chi connectivity index (χ1n) is 9.11. The highest BCUT2D eigenvalue weighted by molar-refractivity contribution is 7.18. The van der Waals surface area contributed by atoms with Crippen molar-refractivity contribution in [2.24, 2.45) is 0 Å². The van der Waals surface area contributed by atoms with Crippen molar-refractivity contribution in [1.82, 2.24) is 10.2 Å². The lowest BCUT2D eigenvalue weighted by atomic mass is 10.1. The zero-order valence-corrected chi connectivity index (χ0v) is 16.5. The van der Waals surface area contributed by atoms with Crippen LogP contribution in [0.3, 0.4) is 0 Å². The Bertz CT molecular complexity index is 1130. The Labute approximate surface area is 165 Å². The summed E-state index contributed by atoms with van der Waals surface area (Å²) in [6.07, 6.45) is 1.62. The topological polar surface area (TPSA) is 84.4 Å². The Morgan fingerprint density at radius 2 is 2.00 bits per heavy atom. The third kappa shape index (κ3) is 3.63. The van der Waals surface area contributed by atoms with Crippen LogP contribution in [0.1, 0.15) is 19.6 Å². The first-order chi connectivity index (χ1) is 13.7. The van der Waals surface area contributed by atoms with Crippen LogP contribution in [0.4, 0.5) is 10.8 Å². The number of fused-ring (bicyclic) bond motifs is 1. The van der Waals surface area contributed by atoms with Gasteiger partial charge < -0.3 is 19.1 Å². The standard InChI is InChI=1S/C20H20N4O3S/c1-3-24(4-2)14-8-7-13-10-16(19(25)27-17(13)11-14)18-22-23-20(28-18)21-12-15-6-5-9-26-15/h5-11H,3-4,12H2,1-2H3,(H,21,23). The fourth-order valence-electron chi connectivity index (χ4n) is 3.01. The molecule has 0 saturated heterocycles. The second-order valence-corrected chi connectivity index (χ2v) is 7.16. The number of nitrogens with zero attached hydrogens (tertiary/aromatic N) is 3. The molecule has 0 bridgehead atoms. The van der Waals surface area contributed by atoms with Crippen molar-refractivity contribution in [3.8, 4) is 10.6 Å². The number of rotatable bonds is 7. The van der Waals surface area contributed by atoms with Crippen LogP contribution >= 0.6 is 11.3 Å². The van der Waals surface area contributed by atoms with Crippen LogP contribution in [-0.2, 0) is 6.54 Å². The molecule has 144 valence electrons. The van der Waals surface area contributed by atoms with Crippen LogP contribution < -0.4 is 15.8 Å². The molecule has 3 aromatic heterocycles. The normalized spacial score (nSPS) is 11.1. The van der Waals surface area contributed by atoms with Gasteiger partial charge in [0, 0.05) is 30.2 Å². The number of aromatic nitrogens is 2. The average molecular weight is 396 g/mol. The predicted molar refractivity (Wildman–Crippen MR) is 111 cm³/mol. The summed E-state index contributed by atoms with van der Waals surface area (Å²) in [6, 6.07) is 11.4. The van der Waals surface area contributed by atoms with E-state index in [2.05, 4.69) is 34.3 Å². The zero-order chi connectivity index (χ0) is 19.5. The number of anilines is 2. The summed E-state index contributed by atoms with van der Waals surface area (Å²) in [7, 11) is 0. The van der Waals surface area contributed by atoms with E-state index in [1.165, 1.54) is 11.3 Å². The fraction of sp³-hybridized carbons (Fsp3) is 0.250. The Balaban J connectivity index is 1.61. The molecule has 1 aromatic carbocycles. The smallest absolute Gasteiger partial charge is 0.346 e. The number of nitrogens with one attached hydrogen (secondary N) is 1. The van der Waals surface area contributed by atoms with Gasteiger partial charge in [0.15, 0.2) is 5.01 Å². The summed E-state index contributed by atoms with van der Waals surface area (Å²) in [6.45, 7) is 6.48. The molecular formula is C20H20N4O3S. The van der Waals surface area contributed by atoms with E-state index >= 15 is 0 Å². The van der Waals surface area contributed by atoms with Gasteiger partial charge in [0.25, 0.3) is 0 Å². The summed E-state index contributed by atoms with van der Waals surface area (Å²) < 4.78 is 10.9. The lowest BCUT2D eigenvalue weighted by Crippen LogP contribution is -2.21. The van der Waals surface area contributed by atoms with Crippen LogP contribution in [0, 0.1) is 0 Å². The predicted octanol–water partition coefficient (Wildman–Crippen LogP) is 4.36. The molecule has 0 saturated carbocycles. The largest absolute Gasteiger partial charge is 0.467 e. The number of hydrogen-bond donors (Lipinski definition) is 1. The van der Waals surface area contributed by atoms with Gasteiger partial charge in [-0.2, -0.15) is 0 Å². The van der Waals surface area contributed by atoms with Crippen LogP contribution in [0.2, 0.25) is 0 Å². The molecule has 3 heterocycles. The summed E-state index contributed by atoms with van der Waals surface area (Å²) in [5.74, 6) is 0.797. The molecule has 4 rings (SSSR count). The van der Waals surface area contributed by atoms with E-state index in [-0.39, 0.29) is 0 Å². The fourth-order valence-corrected chi connectivity index (χ4v) is 3.76. The maximum atomic E-state index is 12.5. The molecule has 28 heavy (non-hydrogen) atoms. The Morgan fingerprint density at radius 1 is 1.14 bits per heavy atom. The van der Waals surface area contributed by atoms with Crippen LogP contribution in [0.15, 0.2) is 56.3 Å². The number of benzene rings is 1. The molecule has 0 aliphatic carbocycles. The van der Waals surface area contributed by atoms with Gasteiger partial charge in [0.2, 0.25) is 5.13 Å². The van der Waals surface area contributed by atoms with Crippen molar-refractivity contribution in [3.05, 3.63) is 58.8 Å². The SMILES string of the molecule is CCN(CC)c1ccc2cc(-c3nnc(NCc4ccco4)s3)c(=O)oc2c1. The minimum absolute atomic E-state index is 0.409. The molecular weight excluding hydrogens is 376 g/mol. The second-order valence-electron chi connectivity index (χ2n) is 6.19.